The minimum atomic E-state index is -4.67. The SMILES string of the molecule is C=C(C)C(=O)NC(CC)[N+](C)(C)C.O=S(=O)(O)O. The summed E-state index contributed by atoms with van der Waals surface area (Å²) in [5.41, 5.74) is 0.562. The molecule has 0 aliphatic rings. The van der Waals surface area contributed by atoms with Gasteiger partial charge in [-0.15, -0.1) is 0 Å². The summed E-state index contributed by atoms with van der Waals surface area (Å²) in [5, 5.41) is 2.94. The molecule has 18 heavy (non-hydrogen) atoms. The molecule has 0 saturated carbocycles. The third-order valence-corrected chi connectivity index (χ3v) is 2.01. The third kappa shape index (κ3) is 13.1. The van der Waals surface area contributed by atoms with Crippen molar-refractivity contribution < 1.29 is 26.8 Å². The predicted molar refractivity (Wildman–Crippen MR) is 69.2 cm³/mol. The van der Waals surface area contributed by atoms with E-state index in [1.165, 1.54) is 0 Å². The Morgan fingerprint density at radius 2 is 1.67 bits per heavy atom. The lowest BCUT2D eigenvalue weighted by Gasteiger charge is -2.33. The van der Waals surface area contributed by atoms with E-state index < -0.39 is 10.4 Å². The summed E-state index contributed by atoms with van der Waals surface area (Å²) in [7, 11) is 1.52. The first kappa shape index (κ1) is 19.4. The highest BCUT2D eigenvalue weighted by atomic mass is 32.3. The van der Waals surface area contributed by atoms with Crippen LogP contribution >= 0.6 is 0 Å². The average molecular weight is 283 g/mol. The molecule has 108 valence electrons. The van der Waals surface area contributed by atoms with Gasteiger partial charge in [-0.25, -0.2) is 0 Å². The number of carbonyl (C=O) groups excluding carboxylic acids is 1. The Balaban J connectivity index is 0. The highest BCUT2D eigenvalue weighted by Crippen LogP contribution is 2.04. The fraction of sp³-hybridized carbons (Fsp3) is 0.700. The quantitative estimate of drug-likeness (QED) is 0.301. The molecule has 1 unspecified atom stereocenters. The number of quaternary nitrogens is 1. The van der Waals surface area contributed by atoms with Gasteiger partial charge in [0.25, 0.3) is 5.91 Å². The molecule has 0 rings (SSSR count). The second-order valence-corrected chi connectivity index (χ2v) is 5.64. The zero-order valence-corrected chi connectivity index (χ0v) is 12.3. The topological polar surface area (TPSA) is 104 Å². The minimum Gasteiger partial charge on any atom is -0.311 e. The molecule has 0 fully saturated rings. The molecular formula is C10H23N2O5S+. The number of rotatable bonds is 4. The molecule has 1 amide bonds. The summed E-state index contributed by atoms with van der Waals surface area (Å²) in [5.74, 6) is -0.0556. The molecule has 0 aromatic heterocycles. The summed E-state index contributed by atoms with van der Waals surface area (Å²) in [6.45, 7) is 7.39. The predicted octanol–water partition coefficient (Wildman–Crippen LogP) is 0.468. The largest absolute Gasteiger partial charge is 0.394 e. The first-order valence-electron chi connectivity index (χ1n) is 5.26. The van der Waals surface area contributed by atoms with Crippen LogP contribution in [0.4, 0.5) is 0 Å². The number of amides is 1. The lowest BCUT2D eigenvalue weighted by Crippen LogP contribution is -2.54. The van der Waals surface area contributed by atoms with Crippen molar-refractivity contribution in [2.45, 2.75) is 26.4 Å². The maximum Gasteiger partial charge on any atom is 0.394 e. The Morgan fingerprint density at radius 1 is 1.33 bits per heavy atom. The number of hydrogen-bond donors (Lipinski definition) is 3. The smallest absolute Gasteiger partial charge is 0.311 e. The van der Waals surface area contributed by atoms with Crippen LogP contribution in [0.2, 0.25) is 0 Å². The molecule has 0 aromatic carbocycles. The Labute approximate surface area is 109 Å². The van der Waals surface area contributed by atoms with Gasteiger partial charge in [0.05, 0.1) is 21.1 Å². The van der Waals surface area contributed by atoms with E-state index in [9.17, 15) is 4.79 Å². The van der Waals surface area contributed by atoms with Crippen molar-refractivity contribution in [1.29, 1.82) is 0 Å². The van der Waals surface area contributed by atoms with Crippen LogP contribution in [0.1, 0.15) is 20.3 Å². The van der Waals surface area contributed by atoms with Gasteiger partial charge in [0.2, 0.25) is 0 Å². The van der Waals surface area contributed by atoms with Gasteiger partial charge in [-0.05, 0) is 6.92 Å². The lowest BCUT2D eigenvalue weighted by molar-refractivity contribution is -0.898. The maximum absolute atomic E-state index is 11.3. The minimum absolute atomic E-state index is 0.0556. The highest BCUT2D eigenvalue weighted by molar-refractivity contribution is 7.79. The van der Waals surface area contributed by atoms with Gasteiger partial charge in [-0.3, -0.25) is 13.9 Å². The van der Waals surface area contributed by atoms with Crippen LogP contribution in [0.15, 0.2) is 12.2 Å². The van der Waals surface area contributed by atoms with Crippen LogP contribution in [0.3, 0.4) is 0 Å². The first-order chi connectivity index (χ1) is 7.79. The van der Waals surface area contributed by atoms with Crippen LogP contribution < -0.4 is 5.32 Å². The second kappa shape index (κ2) is 7.47. The van der Waals surface area contributed by atoms with Gasteiger partial charge in [0, 0.05) is 12.0 Å². The molecule has 1 atom stereocenters. The van der Waals surface area contributed by atoms with Gasteiger partial charge in [-0.1, -0.05) is 13.5 Å². The van der Waals surface area contributed by atoms with Gasteiger partial charge >= 0.3 is 10.4 Å². The zero-order valence-electron chi connectivity index (χ0n) is 11.5. The van der Waals surface area contributed by atoms with Crippen LogP contribution in [0.5, 0.6) is 0 Å². The summed E-state index contributed by atoms with van der Waals surface area (Å²) in [6.07, 6.45) is 1.08. The van der Waals surface area contributed by atoms with Crippen LogP contribution in [-0.2, 0) is 15.2 Å². The van der Waals surface area contributed by atoms with Crippen LogP contribution in [0, 0.1) is 0 Å². The molecule has 0 radical (unpaired) electrons. The molecule has 0 saturated heterocycles. The van der Waals surface area contributed by atoms with E-state index in [2.05, 4.69) is 40.0 Å². The van der Waals surface area contributed by atoms with Crippen molar-refractivity contribution in [1.82, 2.24) is 5.32 Å². The van der Waals surface area contributed by atoms with E-state index in [1.807, 2.05) is 0 Å². The molecule has 7 nitrogen and oxygen atoms in total. The number of nitrogens with one attached hydrogen (secondary N) is 1. The Hall–Kier alpha value is -0.960. The van der Waals surface area contributed by atoms with Crippen molar-refractivity contribution in [3.8, 4) is 0 Å². The lowest BCUT2D eigenvalue weighted by atomic mass is 10.2. The summed E-state index contributed by atoms with van der Waals surface area (Å²) < 4.78 is 32.3. The molecule has 0 aliphatic heterocycles. The Bertz CT molecular complexity index is 376. The van der Waals surface area contributed by atoms with E-state index in [0.29, 0.717) is 5.57 Å². The fourth-order valence-electron chi connectivity index (χ4n) is 1.12. The standard InChI is InChI=1S/C10H20N2O.H2O4S/c1-7-9(12(4,5)6)11-10(13)8(2)3;1-5(2,3)4/h9H,2,7H2,1,3-6H3;(H2,1,2,3,4)/p+1. The number of nitrogens with zero attached hydrogens (tertiary/aromatic N) is 1. The van der Waals surface area contributed by atoms with Crippen molar-refractivity contribution >= 4 is 16.3 Å². The van der Waals surface area contributed by atoms with Crippen molar-refractivity contribution in [2.75, 3.05) is 21.1 Å². The van der Waals surface area contributed by atoms with E-state index in [4.69, 9.17) is 17.5 Å². The molecule has 0 heterocycles. The number of carbonyl (C=O) groups is 1. The monoisotopic (exact) mass is 283 g/mol. The molecule has 0 spiro atoms. The summed E-state index contributed by atoms with van der Waals surface area (Å²) in [4.78, 5) is 11.3. The van der Waals surface area contributed by atoms with E-state index in [0.717, 1.165) is 10.9 Å². The van der Waals surface area contributed by atoms with E-state index in [1.54, 1.807) is 6.92 Å². The van der Waals surface area contributed by atoms with Gasteiger partial charge in [0.15, 0.2) is 6.17 Å². The Kier molecular flexibility index (Phi) is 8.04. The normalized spacial score (nSPS) is 13.1. The molecule has 0 aromatic rings. The van der Waals surface area contributed by atoms with Crippen molar-refractivity contribution in [2.24, 2.45) is 0 Å². The third-order valence-electron chi connectivity index (χ3n) is 2.01. The van der Waals surface area contributed by atoms with E-state index in [-0.39, 0.29) is 12.1 Å². The fourth-order valence-corrected chi connectivity index (χ4v) is 1.12. The van der Waals surface area contributed by atoms with Gasteiger partial charge < -0.3 is 9.80 Å². The average Bonchev–Trinajstić information content (AvgIpc) is 2.08. The van der Waals surface area contributed by atoms with Crippen LogP contribution in [0.25, 0.3) is 0 Å². The van der Waals surface area contributed by atoms with Crippen molar-refractivity contribution in [3.63, 3.8) is 0 Å². The maximum atomic E-state index is 11.3. The van der Waals surface area contributed by atoms with Gasteiger partial charge in [0.1, 0.15) is 0 Å². The molecule has 8 heteroatoms. The molecule has 3 N–H and O–H groups in total. The van der Waals surface area contributed by atoms with Crippen molar-refractivity contribution in [3.05, 3.63) is 12.2 Å². The van der Waals surface area contributed by atoms with Gasteiger partial charge in [-0.2, -0.15) is 8.42 Å². The molecule has 0 aliphatic carbocycles. The molecular weight excluding hydrogens is 260 g/mol. The second-order valence-electron chi connectivity index (χ2n) is 4.74. The summed E-state index contributed by atoms with van der Waals surface area (Å²) >= 11 is 0. The summed E-state index contributed by atoms with van der Waals surface area (Å²) in [6, 6.07) is 0. The zero-order chi connectivity index (χ0) is 15.1. The first-order valence-corrected chi connectivity index (χ1v) is 6.66. The Morgan fingerprint density at radius 3 is 1.83 bits per heavy atom. The molecule has 0 bridgehead atoms. The van der Waals surface area contributed by atoms with Crippen LogP contribution in [-0.4, -0.2) is 55.2 Å². The highest BCUT2D eigenvalue weighted by Gasteiger charge is 2.23. The number of hydrogen-bond acceptors (Lipinski definition) is 3. The van der Waals surface area contributed by atoms with E-state index >= 15 is 0 Å².